The van der Waals surface area contributed by atoms with Crippen molar-refractivity contribution in [2.45, 2.75) is 18.9 Å². The zero-order chi connectivity index (χ0) is 13.1. The number of anilines is 1. The van der Waals surface area contributed by atoms with Crippen molar-refractivity contribution in [2.24, 2.45) is 0 Å². The number of rotatable bonds is 2. The third kappa shape index (κ3) is 2.51. The van der Waals surface area contributed by atoms with Gasteiger partial charge < -0.3 is 10.6 Å². The lowest BCUT2D eigenvalue weighted by molar-refractivity contribution is 0.478. The number of nitrogens with zero attached hydrogens (tertiary/aromatic N) is 2. The highest BCUT2D eigenvalue weighted by atomic mass is 15.0. The second kappa shape index (κ2) is 5.25. The van der Waals surface area contributed by atoms with Crippen LogP contribution >= 0.6 is 0 Å². The average Bonchev–Trinajstić information content (AvgIpc) is 2.47. The van der Waals surface area contributed by atoms with Crippen LogP contribution in [0.3, 0.4) is 0 Å². The van der Waals surface area contributed by atoms with E-state index in [-0.39, 0.29) is 0 Å². The number of para-hydroxylation sites is 1. The van der Waals surface area contributed by atoms with Crippen LogP contribution in [-0.2, 0) is 0 Å². The topological polar surface area (TPSA) is 60.7 Å². The summed E-state index contributed by atoms with van der Waals surface area (Å²) in [5.74, 6) is 0.808. The van der Waals surface area contributed by atoms with Crippen molar-refractivity contribution in [3.63, 3.8) is 0 Å². The van der Waals surface area contributed by atoms with Crippen molar-refractivity contribution < 1.29 is 0 Å². The maximum atomic E-state index is 9.25. The Morgan fingerprint density at radius 3 is 2.84 bits per heavy atom. The van der Waals surface area contributed by atoms with Gasteiger partial charge in [-0.2, -0.15) is 5.26 Å². The van der Waals surface area contributed by atoms with Gasteiger partial charge in [-0.05, 0) is 38.1 Å². The molecule has 1 aliphatic heterocycles. The highest BCUT2D eigenvalue weighted by Gasteiger charge is 2.14. The molecule has 1 aromatic carbocycles. The summed E-state index contributed by atoms with van der Waals surface area (Å²) in [7, 11) is 0. The molecule has 0 saturated carbocycles. The van der Waals surface area contributed by atoms with Gasteiger partial charge in [-0.3, -0.25) is 0 Å². The monoisotopic (exact) mass is 252 g/mol. The van der Waals surface area contributed by atoms with Gasteiger partial charge in [0.25, 0.3) is 0 Å². The Morgan fingerprint density at radius 2 is 2.05 bits per heavy atom. The molecule has 19 heavy (non-hydrogen) atoms. The van der Waals surface area contributed by atoms with Crippen LogP contribution in [0.15, 0.2) is 30.3 Å². The molecule has 0 atom stereocenters. The molecule has 1 aliphatic rings. The molecular weight excluding hydrogens is 236 g/mol. The molecule has 3 rings (SSSR count). The molecule has 1 aromatic heterocycles. The SMILES string of the molecule is N#Cc1cc(NC2CCNCC2)nc2ccccc12. The molecule has 4 heteroatoms. The van der Waals surface area contributed by atoms with Crippen molar-refractivity contribution in [2.75, 3.05) is 18.4 Å². The van der Waals surface area contributed by atoms with Crippen LogP contribution in [0.2, 0.25) is 0 Å². The molecule has 2 heterocycles. The van der Waals surface area contributed by atoms with Crippen LogP contribution < -0.4 is 10.6 Å². The third-order valence-corrected chi connectivity index (χ3v) is 3.53. The fourth-order valence-corrected chi connectivity index (χ4v) is 2.52. The minimum absolute atomic E-state index is 0.446. The fraction of sp³-hybridized carbons (Fsp3) is 0.333. The number of pyridine rings is 1. The Morgan fingerprint density at radius 1 is 1.26 bits per heavy atom. The second-order valence-corrected chi connectivity index (χ2v) is 4.85. The Balaban J connectivity index is 1.93. The molecule has 0 spiro atoms. The molecular formula is C15H16N4. The minimum atomic E-state index is 0.446. The van der Waals surface area contributed by atoms with Gasteiger partial charge in [-0.15, -0.1) is 0 Å². The molecule has 0 unspecified atom stereocenters. The van der Waals surface area contributed by atoms with E-state index in [0.717, 1.165) is 42.7 Å². The van der Waals surface area contributed by atoms with Crippen LogP contribution in [0.1, 0.15) is 18.4 Å². The largest absolute Gasteiger partial charge is 0.367 e. The number of nitrogens with one attached hydrogen (secondary N) is 2. The number of hydrogen-bond acceptors (Lipinski definition) is 4. The van der Waals surface area contributed by atoms with E-state index < -0.39 is 0 Å². The van der Waals surface area contributed by atoms with Crippen LogP contribution in [0.5, 0.6) is 0 Å². The lowest BCUT2D eigenvalue weighted by Crippen LogP contribution is -2.35. The first-order valence-electron chi connectivity index (χ1n) is 6.64. The molecule has 4 nitrogen and oxygen atoms in total. The van der Waals surface area contributed by atoms with E-state index in [1.54, 1.807) is 0 Å². The molecule has 2 N–H and O–H groups in total. The summed E-state index contributed by atoms with van der Waals surface area (Å²) in [4.78, 5) is 4.60. The second-order valence-electron chi connectivity index (χ2n) is 4.85. The number of hydrogen-bond donors (Lipinski definition) is 2. The molecule has 0 bridgehead atoms. The van der Waals surface area contributed by atoms with Gasteiger partial charge in [0.15, 0.2) is 0 Å². The summed E-state index contributed by atoms with van der Waals surface area (Å²) in [5.41, 5.74) is 1.56. The van der Waals surface area contributed by atoms with Gasteiger partial charge in [0.2, 0.25) is 0 Å². The van der Waals surface area contributed by atoms with E-state index in [4.69, 9.17) is 0 Å². The maximum Gasteiger partial charge on any atom is 0.128 e. The third-order valence-electron chi connectivity index (χ3n) is 3.53. The highest BCUT2D eigenvalue weighted by molar-refractivity contribution is 5.86. The van der Waals surface area contributed by atoms with Gasteiger partial charge in [-0.1, -0.05) is 18.2 Å². The Kier molecular flexibility index (Phi) is 3.30. The van der Waals surface area contributed by atoms with E-state index in [1.807, 2.05) is 30.3 Å². The number of aromatic nitrogens is 1. The molecule has 1 saturated heterocycles. The van der Waals surface area contributed by atoms with Crippen LogP contribution in [0, 0.1) is 11.3 Å². The summed E-state index contributed by atoms with van der Waals surface area (Å²) < 4.78 is 0. The molecule has 96 valence electrons. The van der Waals surface area contributed by atoms with Crippen molar-refractivity contribution in [1.82, 2.24) is 10.3 Å². The summed E-state index contributed by atoms with van der Waals surface area (Å²) in [6, 6.07) is 12.3. The first-order chi connectivity index (χ1) is 9.36. The van der Waals surface area contributed by atoms with Crippen LogP contribution in [-0.4, -0.2) is 24.1 Å². The Hall–Kier alpha value is -2.12. The summed E-state index contributed by atoms with van der Waals surface area (Å²) in [5, 5.41) is 17.0. The lowest BCUT2D eigenvalue weighted by Gasteiger charge is -2.24. The van der Waals surface area contributed by atoms with Crippen molar-refractivity contribution in [1.29, 1.82) is 5.26 Å². The van der Waals surface area contributed by atoms with E-state index >= 15 is 0 Å². The summed E-state index contributed by atoms with van der Waals surface area (Å²) >= 11 is 0. The van der Waals surface area contributed by atoms with Crippen molar-refractivity contribution in [3.8, 4) is 6.07 Å². The van der Waals surface area contributed by atoms with Crippen molar-refractivity contribution >= 4 is 16.7 Å². The predicted octanol–water partition coefficient (Wildman–Crippen LogP) is 2.27. The molecule has 0 aliphatic carbocycles. The normalized spacial score (nSPS) is 16.2. The number of benzene rings is 1. The summed E-state index contributed by atoms with van der Waals surface area (Å²) in [6.45, 7) is 2.08. The van der Waals surface area contributed by atoms with Crippen molar-refractivity contribution in [3.05, 3.63) is 35.9 Å². The van der Waals surface area contributed by atoms with Gasteiger partial charge in [0.05, 0.1) is 17.1 Å². The maximum absolute atomic E-state index is 9.25. The average molecular weight is 252 g/mol. The van der Waals surface area contributed by atoms with Gasteiger partial charge >= 0.3 is 0 Å². The Bertz CT molecular complexity index is 624. The Labute approximate surface area is 112 Å². The lowest BCUT2D eigenvalue weighted by atomic mass is 10.1. The van der Waals surface area contributed by atoms with Crippen LogP contribution in [0.25, 0.3) is 10.9 Å². The first kappa shape index (κ1) is 11.9. The zero-order valence-electron chi connectivity index (χ0n) is 10.7. The standard InChI is InChI=1S/C15H16N4/c16-10-11-9-15(18-12-5-7-17-8-6-12)19-14-4-2-1-3-13(11)14/h1-4,9,12,17H,5-8H2,(H,18,19). The highest BCUT2D eigenvalue weighted by Crippen LogP contribution is 2.21. The quantitative estimate of drug-likeness (QED) is 0.860. The number of nitriles is 1. The molecule has 2 aromatic rings. The predicted molar refractivity (Wildman–Crippen MR) is 76.0 cm³/mol. The molecule has 1 fully saturated rings. The molecule has 0 amide bonds. The number of fused-ring (bicyclic) bond motifs is 1. The van der Waals surface area contributed by atoms with Crippen LogP contribution in [0.4, 0.5) is 5.82 Å². The fourth-order valence-electron chi connectivity index (χ4n) is 2.52. The number of piperidine rings is 1. The summed E-state index contributed by atoms with van der Waals surface area (Å²) in [6.07, 6.45) is 2.19. The molecule has 0 radical (unpaired) electrons. The van der Waals surface area contributed by atoms with E-state index in [0.29, 0.717) is 11.6 Å². The van der Waals surface area contributed by atoms with E-state index in [2.05, 4.69) is 21.7 Å². The zero-order valence-corrected chi connectivity index (χ0v) is 10.7. The van der Waals surface area contributed by atoms with Gasteiger partial charge in [0, 0.05) is 11.4 Å². The van der Waals surface area contributed by atoms with Gasteiger partial charge in [0.1, 0.15) is 5.82 Å². The van der Waals surface area contributed by atoms with E-state index in [9.17, 15) is 5.26 Å². The first-order valence-corrected chi connectivity index (χ1v) is 6.64. The smallest absolute Gasteiger partial charge is 0.128 e. The minimum Gasteiger partial charge on any atom is -0.367 e. The van der Waals surface area contributed by atoms with E-state index in [1.165, 1.54) is 0 Å². The van der Waals surface area contributed by atoms with Gasteiger partial charge in [-0.25, -0.2) is 4.98 Å².